The molecule has 0 radical (unpaired) electrons. The maximum absolute atomic E-state index is 10.5. The molecule has 0 aliphatic heterocycles. The smallest absolute Gasteiger partial charge is 0.312 e. The number of rotatable bonds is 4. The largest absolute Gasteiger partial charge is 0.481 e. The molecule has 0 spiro atoms. The number of carboxylic acid groups (broad SMARTS) is 1. The number of aromatic nitrogens is 2. The van der Waals surface area contributed by atoms with Crippen molar-refractivity contribution in [3.05, 3.63) is 11.7 Å². The molecule has 17 heavy (non-hydrogen) atoms. The number of hydrogen-bond donors (Lipinski definition) is 1. The number of nitrogens with zero attached hydrogens (tertiary/aromatic N) is 2. The van der Waals surface area contributed by atoms with Crippen molar-refractivity contribution < 1.29 is 14.4 Å². The van der Waals surface area contributed by atoms with Crippen molar-refractivity contribution in [2.24, 2.45) is 5.92 Å². The second-order valence-electron chi connectivity index (χ2n) is 4.75. The van der Waals surface area contributed by atoms with Crippen molar-refractivity contribution in [3.63, 3.8) is 0 Å². The highest BCUT2D eigenvalue weighted by molar-refractivity contribution is 5.68. The number of aliphatic carboxylic acids is 1. The summed E-state index contributed by atoms with van der Waals surface area (Å²) < 4.78 is 4.96. The molecule has 1 heterocycles. The molecule has 1 fully saturated rings. The zero-order valence-electron chi connectivity index (χ0n) is 10.1. The Bertz CT molecular complexity index is 389. The zero-order chi connectivity index (χ0) is 12.3. The average molecular weight is 238 g/mol. The van der Waals surface area contributed by atoms with Gasteiger partial charge in [-0.15, -0.1) is 0 Å². The Hall–Kier alpha value is -1.39. The highest BCUT2D eigenvalue weighted by Gasteiger charge is 2.26. The van der Waals surface area contributed by atoms with E-state index >= 15 is 0 Å². The van der Waals surface area contributed by atoms with Crippen LogP contribution < -0.4 is 0 Å². The molecule has 1 aliphatic rings. The first kappa shape index (κ1) is 12.1. The third-order valence-corrected chi connectivity index (χ3v) is 3.51. The van der Waals surface area contributed by atoms with E-state index in [0.29, 0.717) is 11.7 Å². The fourth-order valence-electron chi connectivity index (χ4n) is 2.53. The predicted octanol–water partition coefficient (Wildman–Crippen LogP) is 2.38. The van der Waals surface area contributed by atoms with Crippen molar-refractivity contribution in [2.75, 3.05) is 0 Å². The van der Waals surface area contributed by atoms with Crippen LogP contribution in [0.1, 0.15) is 56.7 Å². The second-order valence-corrected chi connectivity index (χ2v) is 4.75. The lowest BCUT2D eigenvalue weighted by molar-refractivity contribution is -0.136. The highest BCUT2D eigenvalue weighted by Crippen LogP contribution is 2.36. The summed E-state index contributed by atoms with van der Waals surface area (Å²) in [5.74, 6) is 1.07. The van der Waals surface area contributed by atoms with Crippen LogP contribution in [0.2, 0.25) is 0 Å². The van der Waals surface area contributed by atoms with Gasteiger partial charge in [-0.05, 0) is 18.8 Å². The van der Waals surface area contributed by atoms with Crippen LogP contribution >= 0.6 is 0 Å². The van der Waals surface area contributed by atoms with Gasteiger partial charge in [-0.2, -0.15) is 4.98 Å². The van der Waals surface area contributed by atoms with Crippen LogP contribution in [0.5, 0.6) is 0 Å². The summed E-state index contributed by atoms with van der Waals surface area (Å²) in [4.78, 5) is 14.7. The lowest BCUT2D eigenvalue weighted by Gasteiger charge is -2.26. The first-order valence-corrected chi connectivity index (χ1v) is 6.23. The number of hydrogen-bond acceptors (Lipinski definition) is 4. The Morgan fingerprint density at radius 2 is 2.35 bits per heavy atom. The SMILES string of the molecule is CCC1CCCC(c2noc(CC(=O)O)n2)C1. The van der Waals surface area contributed by atoms with Gasteiger partial charge in [-0.1, -0.05) is 31.3 Å². The van der Waals surface area contributed by atoms with Crippen molar-refractivity contribution in [2.45, 2.75) is 51.4 Å². The van der Waals surface area contributed by atoms with Crippen LogP contribution in [-0.2, 0) is 11.2 Å². The summed E-state index contributed by atoms with van der Waals surface area (Å²) in [6.45, 7) is 2.21. The van der Waals surface area contributed by atoms with Gasteiger partial charge in [-0.25, -0.2) is 0 Å². The van der Waals surface area contributed by atoms with Gasteiger partial charge in [0.1, 0.15) is 6.42 Å². The van der Waals surface area contributed by atoms with E-state index in [0.717, 1.165) is 18.8 Å². The van der Waals surface area contributed by atoms with E-state index in [1.807, 2.05) is 0 Å². The molecule has 0 bridgehead atoms. The summed E-state index contributed by atoms with van der Waals surface area (Å²) in [5, 5.41) is 12.6. The molecular formula is C12H18N2O3. The monoisotopic (exact) mass is 238 g/mol. The maximum atomic E-state index is 10.5. The molecule has 0 amide bonds. The molecule has 1 aromatic rings. The third kappa shape index (κ3) is 3.05. The Balaban J connectivity index is 2.01. The van der Waals surface area contributed by atoms with Gasteiger partial charge in [0, 0.05) is 5.92 Å². The van der Waals surface area contributed by atoms with E-state index in [4.69, 9.17) is 9.63 Å². The molecule has 0 saturated heterocycles. The van der Waals surface area contributed by atoms with E-state index in [9.17, 15) is 4.79 Å². The highest BCUT2D eigenvalue weighted by atomic mass is 16.5. The zero-order valence-corrected chi connectivity index (χ0v) is 10.1. The van der Waals surface area contributed by atoms with Gasteiger partial charge in [0.05, 0.1) is 0 Å². The Kier molecular flexibility index (Phi) is 3.76. The molecule has 1 saturated carbocycles. The first-order valence-electron chi connectivity index (χ1n) is 6.23. The minimum absolute atomic E-state index is 0.184. The molecule has 5 heteroatoms. The molecule has 1 aromatic heterocycles. The molecule has 2 unspecified atom stereocenters. The quantitative estimate of drug-likeness (QED) is 0.871. The second kappa shape index (κ2) is 5.29. The van der Waals surface area contributed by atoms with E-state index in [1.165, 1.54) is 19.3 Å². The molecule has 2 rings (SSSR count). The van der Waals surface area contributed by atoms with Crippen molar-refractivity contribution >= 4 is 5.97 Å². The Morgan fingerprint density at radius 3 is 3.06 bits per heavy atom. The van der Waals surface area contributed by atoms with Crippen LogP contribution in [-0.4, -0.2) is 21.2 Å². The van der Waals surface area contributed by atoms with Crippen molar-refractivity contribution in [1.82, 2.24) is 10.1 Å². The van der Waals surface area contributed by atoms with Crippen LogP contribution in [0.3, 0.4) is 0 Å². The minimum Gasteiger partial charge on any atom is -0.481 e. The normalized spacial score (nSPS) is 24.8. The van der Waals surface area contributed by atoms with Crippen LogP contribution in [0.4, 0.5) is 0 Å². The molecular weight excluding hydrogens is 220 g/mol. The summed E-state index contributed by atoms with van der Waals surface area (Å²) in [5.41, 5.74) is 0. The van der Waals surface area contributed by atoms with Gasteiger partial charge in [-0.3, -0.25) is 4.79 Å². The molecule has 1 N–H and O–H groups in total. The van der Waals surface area contributed by atoms with Gasteiger partial charge in [0.15, 0.2) is 5.82 Å². The number of carbonyl (C=O) groups is 1. The van der Waals surface area contributed by atoms with Crippen molar-refractivity contribution in [3.8, 4) is 0 Å². The summed E-state index contributed by atoms with van der Waals surface area (Å²) in [6.07, 6.45) is 5.68. The lowest BCUT2D eigenvalue weighted by atomic mass is 9.80. The Morgan fingerprint density at radius 1 is 1.53 bits per heavy atom. The maximum Gasteiger partial charge on any atom is 0.312 e. The molecule has 5 nitrogen and oxygen atoms in total. The summed E-state index contributed by atoms with van der Waals surface area (Å²) in [7, 11) is 0. The summed E-state index contributed by atoms with van der Waals surface area (Å²) >= 11 is 0. The first-order chi connectivity index (χ1) is 8.19. The summed E-state index contributed by atoms with van der Waals surface area (Å²) in [6, 6.07) is 0. The van der Waals surface area contributed by atoms with E-state index in [2.05, 4.69) is 17.1 Å². The number of carboxylic acids is 1. The molecule has 94 valence electrons. The van der Waals surface area contributed by atoms with Crippen LogP contribution in [0, 0.1) is 5.92 Å². The third-order valence-electron chi connectivity index (χ3n) is 3.51. The van der Waals surface area contributed by atoms with Crippen LogP contribution in [0.15, 0.2) is 4.52 Å². The molecule has 1 aliphatic carbocycles. The lowest BCUT2D eigenvalue weighted by Crippen LogP contribution is -2.14. The van der Waals surface area contributed by atoms with E-state index in [1.54, 1.807) is 0 Å². The van der Waals surface area contributed by atoms with Gasteiger partial charge in [0.25, 0.3) is 0 Å². The van der Waals surface area contributed by atoms with Crippen molar-refractivity contribution in [1.29, 1.82) is 0 Å². The molecule has 0 aromatic carbocycles. The fourth-order valence-corrected chi connectivity index (χ4v) is 2.53. The molecule has 2 atom stereocenters. The van der Waals surface area contributed by atoms with E-state index < -0.39 is 5.97 Å². The Labute approximate surface area is 100 Å². The topological polar surface area (TPSA) is 76.2 Å². The van der Waals surface area contributed by atoms with Crippen LogP contribution in [0.25, 0.3) is 0 Å². The van der Waals surface area contributed by atoms with Gasteiger partial charge >= 0.3 is 5.97 Å². The van der Waals surface area contributed by atoms with E-state index in [-0.39, 0.29) is 12.3 Å². The predicted molar refractivity (Wildman–Crippen MR) is 60.6 cm³/mol. The standard InChI is InChI=1S/C12H18N2O3/c1-2-8-4-3-5-9(6-8)12-13-10(17-14-12)7-11(15)16/h8-9H,2-7H2,1H3,(H,15,16). The minimum atomic E-state index is -0.935. The average Bonchev–Trinajstić information content (AvgIpc) is 2.77. The van der Waals surface area contributed by atoms with Gasteiger partial charge in [0.2, 0.25) is 5.89 Å². The van der Waals surface area contributed by atoms with Gasteiger partial charge < -0.3 is 9.63 Å². The fraction of sp³-hybridized carbons (Fsp3) is 0.750.